The van der Waals surface area contributed by atoms with Gasteiger partial charge in [0, 0.05) is 29.2 Å². The molecule has 1 aliphatic heterocycles. The highest BCUT2D eigenvalue weighted by atomic mass is 32.2. The fraction of sp³-hybridized carbons (Fsp3) is 0.263. The minimum Gasteiger partial charge on any atom is -0.395 e. The van der Waals surface area contributed by atoms with Crippen molar-refractivity contribution >= 4 is 20.9 Å². The maximum atomic E-state index is 13.6. The molecule has 27 heavy (non-hydrogen) atoms. The smallest absolute Gasteiger partial charge is 0.243 e. The summed E-state index contributed by atoms with van der Waals surface area (Å²) in [5.74, 6) is -0.340. The third kappa shape index (κ3) is 3.13. The van der Waals surface area contributed by atoms with E-state index in [2.05, 4.69) is 4.98 Å². The average molecular weight is 392 g/mol. The first kappa shape index (κ1) is 18.1. The van der Waals surface area contributed by atoms with Crippen molar-refractivity contribution in [3.05, 3.63) is 54.5 Å². The van der Waals surface area contributed by atoms with Crippen molar-refractivity contribution in [2.24, 2.45) is 0 Å². The maximum Gasteiger partial charge on any atom is 0.243 e. The summed E-state index contributed by atoms with van der Waals surface area (Å²) in [5, 5.41) is 10.2. The molecule has 4 rings (SSSR count). The summed E-state index contributed by atoms with van der Waals surface area (Å²) in [4.78, 5) is 3.05. The number of aromatic nitrogens is 1. The van der Waals surface area contributed by atoms with Gasteiger partial charge in [-0.15, -0.1) is 0 Å². The average Bonchev–Trinajstić information content (AvgIpc) is 3.25. The minimum atomic E-state index is -3.89. The first-order valence-electron chi connectivity index (χ1n) is 8.54. The molecular formula is C19H18F2N2O3S. The third-order valence-electron chi connectivity index (χ3n) is 4.94. The van der Waals surface area contributed by atoms with Crippen molar-refractivity contribution < 1.29 is 22.3 Å². The molecule has 0 amide bonds. The van der Waals surface area contributed by atoms with Crippen LogP contribution in [-0.2, 0) is 10.0 Å². The molecule has 1 saturated heterocycles. The van der Waals surface area contributed by atoms with Crippen LogP contribution in [0, 0.1) is 5.82 Å². The Balaban J connectivity index is 1.67. The van der Waals surface area contributed by atoms with Crippen LogP contribution in [-0.4, -0.2) is 48.2 Å². The van der Waals surface area contributed by atoms with Crippen molar-refractivity contribution in [2.75, 3.05) is 13.2 Å². The Kier molecular flexibility index (Phi) is 4.49. The summed E-state index contributed by atoms with van der Waals surface area (Å²) in [6.45, 7) is -0.660. The summed E-state index contributed by atoms with van der Waals surface area (Å²) in [5.41, 5.74) is 2.25. The van der Waals surface area contributed by atoms with Gasteiger partial charge in [-0.3, -0.25) is 0 Å². The molecule has 1 aliphatic rings. The Morgan fingerprint density at radius 3 is 2.63 bits per heavy atom. The van der Waals surface area contributed by atoms with Crippen LogP contribution in [0.4, 0.5) is 8.78 Å². The van der Waals surface area contributed by atoms with E-state index in [9.17, 15) is 22.3 Å². The van der Waals surface area contributed by atoms with E-state index < -0.39 is 28.8 Å². The number of fused-ring (bicyclic) bond motifs is 1. The zero-order chi connectivity index (χ0) is 19.2. The predicted octanol–water partition coefficient (Wildman–Crippen LogP) is 3.07. The number of aromatic amines is 1. The zero-order valence-electron chi connectivity index (χ0n) is 14.3. The highest BCUT2D eigenvalue weighted by molar-refractivity contribution is 7.89. The predicted molar refractivity (Wildman–Crippen MR) is 98.0 cm³/mol. The van der Waals surface area contributed by atoms with Crippen molar-refractivity contribution in [3.8, 4) is 11.1 Å². The van der Waals surface area contributed by atoms with Gasteiger partial charge in [0.15, 0.2) is 0 Å². The summed E-state index contributed by atoms with van der Waals surface area (Å²) >= 11 is 0. The number of hydrogen-bond donors (Lipinski definition) is 2. The molecular weight excluding hydrogens is 374 g/mol. The van der Waals surface area contributed by atoms with Gasteiger partial charge < -0.3 is 10.1 Å². The van der Waals surface area contributed by atoms with Crippen LogP contribution in [0.25, 0.3) is 22.0 Å². The lowest BCUT2D eigenvalue weighted by atomic mass is 10.1. The van der Waals surface area contributed by atoms with Crippen molar-refractivity contribution in [2.45, 2.75) is 23.5 Å². The minimum absolute atomic E-state index is 0.000285. The number of nitrogens with zero attached hydrogens (tertiary/aromatic N) is 1. The molecule has 2 aromatic carbocycles. The number of nitrogens with one attached hydrogen (secondary N) is 1. The lowest BCUT2D eigenvalue weighted by Gasteiger charge is -2.22. The molecule has 0 unspecified atom stereocenters. The van der Waals surface area contributed by atoms with E-state index >= 15 is 0 Å². The molecule has 0 saturated carbocycles. The molecule has 5 nitrogen and oxygen atoms in total. The van der Waals surface area contributed by atoms with Gasteiger partial charge in [0.1, 0.15) is 12.0 Å². The largest absolute Gasteiger partial charge is 0.395 e. The molecule has 0 spiro atoms. The highest BCUT2D eigenvalue weighted by Gasteiger charge is 2.40. The SMILES string of the molecule is O=S(=O)(c1ccc(-c2c[nH]c3cc(F)ccc23)cc1)N1C[C@H](F)C[C@@H]1CO. The number of sulfonamides is 1. The van der Waals surface area contributed by atoms with Gasteiger partial charge in [0.05, 0.1) is 17.5 Å². The number of alkyl halides is 1. The molecule has 2 N–H and O–H groups in total. The second kappa shape index (κ2) is 6.70. The number of aliphatic hydroxyl groups is 1. The van der Waals surface area contributed by atoms with E-state index in [0.29, 0.717) is 5.52 Å². The number of aliphatic hydroxyl groups excluding tert-OH is 1. The molecule has 8 heteroatoms. The van der Waals surface area contributed by atoms with E-state index in [4.69, 9.17) is 0 Å². The Bertz CT molecular complexity index is 1080. The Hall–Kier alpha value is -2.29. The van der Waals surface area contributed by atoms with Gasteiger partial charge in [-0.25, -0.2) is 17.2 Å². The van der Waals surface area contributed by atoms with Crippen LogP contribution in [0.3, 0.4) is 0 Å². The number of benzene rings is 2. The van der Waals surface area contributed by atoms with Gasteiger partial charge in [-0.2, -0.15) is 4.31 Å². The third-order valence-corrected chi connectivity index (χ3v) is 6.87. The molecule has 1 fully saturated rings. The van der Waals surface area contributed by atoms with Gasteiger partial charge >= 0.3 is 0 Å². The van der Waals surface area contributed by atoms with Crippen LogP contribution < -0.4 is 0 Å². The number of halogens is 2. The molecule has 0 aliphatic carbocycles. The Labute approximate surface area is 155 Å². The Morgan fingerprint density at radius 1 is 1.19 bits per heavy atom. The normalized spacial score (nSPS) is 21.1. The molecule has 1 aromatic heterocycles. The molecule has 142 valence electrons. The quantitative estimate of drug-likeness (QED) is 0.717. The summed E-state index contributed by atoms with van der Waals surface area (Å²) in [6.07, 6.45) is 0.464. The first-order chi connectivity index (χ1) is 12.9. The van der Waals surface area contributed by atoms with Crippen LogP contribution in [0.15, 0.2) is 53.6 Å². The van der Waals surface area contributed by atoms with E-state index in [1.54, 1.807) is 24.4 Å². The van der Waals surface area contributed by atoms with E-state index in [0.717, 1.165) is 20.8 Å². The van der Waals surface area contributed by atoms with Crippen LogP contribution >= 0.6 is 0 Å². The molecule has 0 bridgehead atoms. The van der Waals surface area contributed by atoms with E-state index in [-0.39, 0.29) is 23.7 Å². The Morgan fingerprint density at radius 2 is 1.93 bits per heavy atom. The monoisotopic (exact) mass is 392 g/mol. The molecule has 3 aromatic rings. The summed E-state index contributed by atoms with van der Waals surface area (Å²) in [7, 11) is -3.89. The molecule has 0 radical (unpaired) electrons. The topological polar surface area (TPSA) is 73.4 Å². The summed E-state index contributed by atoms with van der Waals surface area (Å²) in [6, 6.07) is 9.94. The van der Waals surface area contributed by atoms with Crippen molar-refractivity contribution in [1.29, 1.82) is 0 Å². The van der Waals surface area contributed by atoms with E-state index in [1.165, 1.54) is 24.3 Å². The molecule has 2 atom stereocenters. The van der Waals surface area contributed by atoms with Gasteiger partial charge in [-0.1, -0.05) is 12.1 Å². The highest BCUT2D eigenvalue weighted by Crippen LogP contribution is 2.32. The number of rotatable bonds is 4. The fourth-order valence-electron chi connectivity index (χ4n) is 3.57. The molecule has 2 heterocycles. The van der Waals surface area contributed by atoms with Crippen LogP contribution in [0.5, 0.6) is 0 Å². The van der Waals surface area contributed by atoms with Crippen LogP contribution in [0.2, 0.25) is 0 Å². The number of H-pyrrole nitrogens is 1. The maximum absolute atomic E-state index is 13.6. The lowest BCUT2D eigenvalue weighted by molar-refractivity contribution is 0.213. The lowest BCUT2D eigenvalue weighted by Crippen LogP contribution is -2.37. The standard InChI is InChI=1S/C19H18F2N2O3S/c20-13-3-6-17-18(9-22-19(17)8-13)12-1-4-16(5-2-12)27(25,26)23-10-14(21)7-15(23)11-24/h1-6,8-9,14-15,22,24H,7,10-11H2/t14-,15-/m1/s1. The zero-order valence-corrected chi connectivity index (χ0v) is 15.1. The van der Waals surface area contributed by atoms with Gasteiger partial charge in [0.25, 0.3) is 0 Å². The van der Waals surface area contributed by atoms with E-state index in [1.807, 2.05) is 0 Å². The van der Waals surface area contributed by atoms with Crippen molar-refractivity contribution in [1.82, 2.24) is 9.29 Å². The number of hydrogen-bond acceptors (Lipinski definition) is 3. The fourth-order valence-corrected chi connectivity index (χ4v) is 5.22. The first-order valence-corrected chi connectivity index (χ1v) is 9.98. The van der Waals surface area contributed by atoms with Crippen LogP contribution in [0.1, 0.15) is 6.42 Å². The van der Waals surface area contributed by atoms with Gasteiger partial charge in [0.2, 0.25) is 10.0 Å². The van der Waals surface area contributed by atoms with Gasteiger partial charge in [-0.05, 0) is 42.3 Å². The second-order valence-electron chi connectivity index (χ2n) is 6.66. The van der Waals surface area contributed by atoms with Crippen molar-refractivity contribution in [3.63, 3.8) is 0 Å². The summed E-state index contributed by atoms with van der Waals surface area (Å²) < 4.78 is 53.6. The second-order valence-corrected chi connectivity index (χ2v) is 8.55.